The van der Waals surface area contributed by atoms with Crippen molar-refractivity contribution >= 4 is 23.0 Å². The third kappa shape index (κ3) is 4.88. The first-order valence-corrected chi connectivity index (χ1v) is 7.75. The second-order valence-electron chi connectivity index (χ2n) is 5.56. The number of carbonyl (C=O) groups excluding carboxylic acids is 1. The minimum Gasteiger partial charge on any atom is -0.356 e. The van der Waals surface area contributed by atoms with Gasteiger partial charge in [0.1, 0.15) is 11.6 Å². The van der Waals surface area contributed by atoms with Crippen molar-refractivity contribution < 1.29 is 13.6 Å². The molecule has 3 nitrogen and oxygen atoms in total. The number of benzene rings is 3. The Hall–Kier alpha value is -3.21. The molecule has 0 atom stereocenters. The van der Waals surface area contributed by atoms with Crippen molar-refractivity contribution in [1.29, 1.82) is 0 Å². The zero-order valence-corrected chi connectivity index (χ0v) is 13.3. The first-order chi connectivity index (χ1) is 12.1. The van der Waals surface area contributed by atoms with Gasteiger partial charge in [0.15, 0.2) is 0 Å². The summed E-state index contributed by atoms with van der Waals surface area (Å²) >= 11 is 0. The number of carbonyl (C=O) groups is 1. The lowest BCUT2D eigenvalue weighted by Crippen LogP contribution is -2.14. The lowest BCUT2D eigenvalue weighted by molar-refractivity contribution is -0.115. The molecule has 126 valence electrons. The van der Waals surface area contributed by atoms with E-state index in [-0.39, 0.29) is 24.0 Å². The fourth-order valence-corrected chi connectivity index (χ4v) is 2.37. The minimum atomic E-state index is -0.360. The lowest BCUT2D eigenvalue weighted by Gasteiger charge is -2.09. The van der Waals surface area contributed by atoms with Crippen LogP contribution in [0.15, 0.2) is 72.8 Å². The van der Waals surface area contributed by atoms with Crippen LogP contribution in [0.25, 0.3) is 0 Å². The van der Waals surface area contributed by atoms with Crippen molar-refractivity contribution in [2.75, 3.05) is 10.6 Å². The fraction of sp³-hybridized carbons (Fsp3) is 0.0500. The Balaban J connectivity index is 1.58. The predicted molar refractivity (Wildman–Crippen MR) is 94.9 cm³/mol. The topological polar surface area (TPSA) is 41.1 Å². The number of hydrogen-bond donors (Lipinski definition) is 2. The quantitative estimate of drug-likeness (QED) is 0.695. The Bertz CT molecular complexity index is 862. The molecule has 0 heterocycles. The lowest BCUT2D eigenvalue weighted by atomic mass is 10.1. The summed E-state index contributed by atoms with van der Waals surface area (Å²) in [5.74, 6) is -0.867. The summed E-state index contributed by atoms with van der Waals surface area (Å²) in [6.07, 6.45) is 0.105. The van der Waals surface area contributed by atoms with Gasteiger partial charge in [-0.1, -0.05) is 12.1 Å². The summed E-state index contributed by atoms with van der Waals surface area (Å²) in [5.41, 5.74) is 2.84. The maximum atomic E-state index is 13.1. The van der Waals surface area contributed by atoms with Crippen LogP contribution >= 0.6 is 0 Å². The molecule has 3 rings (SSSR count). The molecule has 0 saturated heterocycles. The van der Waals surface area contributed by atoms with Crippen LogP contribution in [0.5, 0.6) is 0 Å². The van der Waals surface area contributed by atoms with Crippen LogP contribution in [0.1, 0.15) is 5.56 Å². The largest absolute Gasteiger partial charge is 0.356 e. The van der Waals surface area contributed by atoms with E-state index in [1.54, 1.807) is 48.5 Å². The molecule has 5 heteroatoms. The van der Waals surface area contributed by atoms with Crippen molar-refractivity contribution in [2.45, 2.75) is 6.42 Å². The van der Waals surface area contributed by atoms with E-state index in [2.05, 4.69) is 10.6 Å². The number of hydrogen-bond acceptors (Lipinski definition) is 2. The molecule has 25 heavy (non-hydrogen) atoms. The van der Waals surface area contributed by atoms with Gasteiger partial charge in [0.2, 0.25) is 5.91 Å². The number of anilines is 3. The van der Waals surface area contributed by atoms with E-state index >= 15 is 0 Å². The summed E-state index contributed by atoms with van der Waals surface area (Å²) in [6, 6.07) is 19.1. The normalized spacial score (nSPS) is 10.3. The van der Waals surface area contributed by atoms with Gasteiger partial charge in [-0.15, -0.1) is 0 Å². The fourth-order valence-electron chi connectivity index (χ4n) is 2.37. The highest BCUT2D eigenvalue weighted by molar-refractivity contribution is 5.92. The van der Waals surface area contributed by atoms with Crippen molar-refractivity contribution in [3.05, 3.63) is 90.0 Å². The molecular weight excluding hydrogens is 322 g/mol. The number of amides is 1. The second-order valence-corrected chi connectivity index (χ2v) is 5.56. The molecule has 0 aliphatic rings. The molecule has 0 fully saturated rings. The first-order valence-electron chi connectivity index (χ1n) is 7.75. The third-order valence-corrected chi connectivity index (χ3v) is 3.56. The van der Waals surface area contributed by atoms with Crippen LogP contribution in [0.2, 0.25) is 0 Å². The summed E-state index contributed by atoms with van der Waals surface area (Å²) in [6.45, 7) is 0. The highest BCUT2D eigenvalue weighted by Gasteiger charge is 2.05. The summed E-state index contributed by atoms with van der Waals surface area (Å²) in [5, 5.41) is 5.91. The molecule has 3 aromatic carbocycles. The number of rotatable bonds is 5. The SMILES string of the molecule is O=C(Cc1cccc(F)c1)Nc1ccc(Nc2ccc(F)cc2)cc1. The zero-order valence-electron chi connectivity index (χ0n) is 13.3. The summed E-state index contributed by atoms with van der Waals surface area (Å²) < 4.78 is 26.0. The van der Waals surface area contributed by atoms with Gasteiger partial charge >= 0.3 is 0 Å². The van der Waals surface area contributed by atoms with Crippen LogP contribution in [0.3, 0.4) is 0 Å². The number of halogens is 2. The molecular formula is C20H16F2N2O. The van der Waals surface area contributed by atoms with E-state index < -0.39 is 0 Å². The molecule has 0 aromatic heterocycles. The van der Waals surface area contributed by atoms with E-state index in [4.69, 9.17) is 0 Å². The van der Waals surface area contributed by atoms with Gasteiger partial charge in [0.25, 0.3) is 0 Å². The Kier molecular flexibility index (Phi) is 5.04. The van der Waals surface area contributed by atoms with Crippen molar-refractivity contribution in [3.63, 3.8) is 0 Å². The van der Waals surface area contributed by atoms with Crippen molar-refractivity contribution in [1.82, 2.24) is 0 Å². The van der Waals surface area contributed by atoms with Gasteiger partial charge in [-0.25, -0.2) is 8.78 Å². The predicted octanol–water partition coefficient (Wildman–Crippen LogP) is 4.89. The monoisotopic (exact) mass is 338 g/mol. The minimum absolute atomic E-state index is 0.105. The van der Waals surface area contributed by atoms with E-state index in [0.29, 0.717) is 11.3 Å². The summed E-state index contributed by atoms with van der Waals surface area (Å²) in [4.78, 5) is 12.0. The van der Waals surface area contributed by atoms with E-state index in [1.165, 1.54) is 24.3 Å². The Morgan fingerprint density at radius 3 is 2.00 bits per heavy atom. The molecule has 2 N–H and O–H groups in total. The van der Waals surface area contributed by atoms with E-state index in [0.717, 1.165) is 11.4 Å². The molecule has 0 bridgehead atoms. The van der Waals surface area contributed by atoms with Crippen molar-refractivity contribution in [3.8, 4) is 0 Å². The Morgan fingerprint density at radius 2 is 1.36 bits per heavy atom. The van der Waals surface area contributed by atoms with Gasteiger partial charge in [0, 0.05) is 17.1 Å². The molecule has 0 spiro atoms. The molecule has 1 amide bonds. The van der Waals surface area contributed by atoms with E-state index in [9.17, 15) is 13.6 Å². The van der Waals surface area contributed by atoms with Crippen LogP contribution in [-0.2, 0) is 11.2 Å². The van der Waals surface area contributed by atoms with Gasteiger partial charge in [-0.2, -0.15) is 0 Å². The van der Waals surface area contributed by atoms with Crippen LogP contribution < -0.4 is 10.6 Å². The first kappa shape index (κ1) is 16.6. The van der Waals surface area contributed by atoms with Crippen LogP contribution in [0, 0.1) is 11.6 Å². The molecule has 0 unspecified atom stereocenters. The maximum absolute atomic E-state index is 13.1. The molecule has 3 aromatic rings. The Morgan fingerprint density at radius 1 is 0.760 bits per heavy atom. The van der Waals surface area contributed by atoms with Crippen molar-refractivity contribution in [2.24, 2.45) is 0 Å². The highest BCUT2D eigenvalue weighted by Crippen LogP contribution is 2.19. The van der Waals surface area contributed by atoms with Gasteiger partial charge in [-0.3, -0.25) is 4.79 Å². The van der Waals surface area contributed by atoms with E-state index in [1.807, 2.05) is 0 Å². The maximum Gasteiger partial charge on any atom is 0.228 e. The van der Waals surface area contributed by atoms with Gasteiger partial charge in [0.05, 0.1) is 6.42 Å². The smallest absolute Gasteiger partial charge is 0.228 e. The number of nitrogens with one attached hydrogen (secondary N) is 2. The standard InChI is InChI=1S/C20H16F2N2O/c21-15-4-6-17(7-5-15)23-18-8-10-19(11-9-18)24-20(25)13-14-2-1-3-16(22)12-14/h1-12,23H,13H2,(H,24,25). The second kappa shape index (κ2) is 7.57. The molecule has 0 aliphatic carbocycles. The average Bonchev–Trinajstić information content (AvgIpc) is 2.59. The summed E-state index contributed by atoms with van der Waals surface area (Å²) in [7, 11) is 0. The molecule has 0 radical (unpaired) electrons. The van der Waals surface area contributed by atoms with Crippen LogP contribution in [0.4, 0.5) is 25.8 Å². The molecule has 0 aliphatic heterocycles. The third-order valence-electron chi connectivity index (χ3n) is 3.56. The van der Waals surface area contributed by atoms with Gasteiger partial charge < -0.3 is 10.6 Å². The average molecular weight is 338 g/mol. The Labute approximate surface area is 144 Å². The highest BCUT2D eigenvalue weighted by atomic mass is 19.1. The van der Waals surface area contributed by atoms with Gasteiger partial charge in [-0.05, 0) is 66.2 Å². The zero-order chi connectivity index (χ0) is 17.6. The molecule has 0 saturated carbocycles. The van der Waals surface area contributed by atoms with Crippen LogP contribution in [-0.4, -0.2) is 5.91 Å².